The molecule has 174 valence electrons. The van der Waals surface area contributed by atoms with E-state index in [1.807, 2.05) is 56.3 Å². The van der Waals surface area contributed by atoms with E-state index in [1.54, 1.807) is 11.8 Å². The highest BCUT2D eigenvalue weighted by Gasteiger charge is 2.27. The fourth-order valence-corrected chi connectivity index (χ4v) is 4.05. The summed E-state index contributed by atoms with van der Waals surface area (Å²) in [6, 6.07) is 13.0. The topological polar surface area (TPSA) is 58.6 Å². The van der Waals surface area contributed by atoms with Gasteiger partial charge in [-0.05, 0) is 77.5 Å². The monoisotopic (exact) mass is 566 g/mol. The van der Waals surface area contributed by atoms with Gasteiger partial charge in [-0.2, -0.15) is 0 Å². The van der Waals surface area contributed by atoms with Crippen molar-refractivity contribution >= 4 is 43.7 Å². The minimum absolute atomic E-state index is 0.0412. The second kappa shape index (κ2) is 12.4. The summed E-state index contributed by atoms with van der Waals surface area (Å²) >= 11 is 7.00. The fourth-order valence-electron chi connectivity index (χ4n) is 3.10. The first-order valence-electron chi connectivity index (χ1n) is 10.9. The number of carbonyl (C=O) groups is 2. The second-order valence-electron chi connectivity index (χ2n) is 8.28. The van der Waals surface area contributed by atoms with E-state index in [-0.39, 0.29) is 24.5 Å². The molecule has 0 unspecified atom stereocenters. The third-order valence-electron chi connectivity index (χ3n) is 5.38. The molecule has 2 aromatic rings. The van der Waals surface area contributed by atoms with Crippen LogP contribution in [0.15, 0.2) is 51.4 Å². The summed E-state index contributed by atoms with van der Waals surface area (Å²) in [6.45, 7) is 10.1. The highest BCUT2D eigenvalue weighted by atomic mass is 79.9. The molecule has 0 saturated heterocycles. The van der Waals surface area contributed by atoms with E-state index in [0.29, 0.717) is 18.2 Å². The third-order valence-corrected chi connectivity index (χ3v) is 6.50. The number of hydrogen-bond acceptors (Lipinski definition) is 3. The smallest absolute Gasteiger partial charge is 0.261 e. The predicted octanol–water partition coefficient (Wildman–Crippen LogP) is 6.05. The van der Waals surface area contributed by atoms with Gasteiger partial charge in [0.25, 0.3) is 5.91 Å². The van der Waals surface area contributed by atoms with Crippen molar-refractivity contribution in [3.05, 3.63) is 62.5 Å². The van der Waals surface area contributed by atoms with Gasteiger partial charge in [-0.15, -0.1) is 0 Å². The molecule has 2 aromatic carbocycles. The molecule has 0 aromatic heterocycles. The van der Waals surface area contributed by atoms with E-state index >= 15 is 0 Å². The molecule has 5 nitrogen and oxygen atoms in total. The van der Waals surface area contributed by atoms with Gasteiger partial charge in [0.15, 0.2) is 6.61 Å². The highest BCUT2D eigenvalue weighted by Crippen LogP contribution is 2.29. The minimum Gasteiger partial charge on any atom is -0.483 e. The number of rotatable bonds is 10. The lowest BCUT2D eigenvalue weighted by molar-refractivity contribution is -0.142. The Bertz CT molecular complexity index is 933. The van der Waals surface area contributed by atoms with Gasteiger partial charge < -0.3 is 15.0 Å². The Labute approximate surface area is 208 Å². The van der Waals surface area contributed by atoms with Crippen LogP contribution >= 0.6 is 31.9 Å². The van der Waals surface area contributed by atoms with Gasteiger partial charge in [0.2, 0.25) is 5.91 Å². The largest absolute Gasteiger partial charge is 0.483 e. The van der Waals surface area contributed by atoms with Crippen molar-refractivity contribution in [2.45, 2.75) is 65.6 Å². The lowest BCUT2D eigenvalue weighted by atomic mass is 10.0. The molecule has 2 amide bonds. The van der Waals surface area contributed by atoms with Crippen molar-refractivity contribution in [2.75, 3.05) is 6.61 Å². The van der Waals surface area contributed by atoms with Crippen LogP contribution < -0.4 is 10.1 Å². The predicted molar refractivity (Wildman–Crippen MR) is 136 cm³/mol. The normalized spacial score (nSPS) is 12.9. The number of nitrogens with zero attached hydrogens (tertiary/aromatic N) is 1. The van der Waals surface area contributed by atoms with Crippen LogP contribution in [0.1, 0.15) is 58.1 Å². The first-order chi connectivity index (χ1) is 15.1. The SMILES string of the molecule is CC[C@H](C)NC(=O)[C@H](C)N(Cc1cccc(Br)c1)C(=O)COc1ccc(C(C)C)cc1Br. The molecule has 0 saturated carbocycles. The van der Waals surface area contributed by atoms with E-state index in [2.05, 4.69) is 51.0 Å². The quantitative estimate of drug-likeness (QED) is 0.380. The Morgan fingerprint density at radius 3 is 2.38 bits per heavy atom. The Hall–Kier alpha value is -1.86. The van der Waals surface area contributed by atoms with Crippen LogP contribution in [0, 0.1) is 0 Å². The third kappa shape index (κ3) is 7.62. The Morgan fingerprint density at radius 2 is 1.78 bits per heavy atom. The van der Waals surface area contributed by atoms with E-state index in [0.717, 1.165) is 20.9 Å². The molecule has 32 heavy (non-hydrogen) atoms. The number of hydrogen-bond donors (Lipinski definition) is 1. The maximum Gasteiger partial charge on any atom is 0.261 e. The van der Waals surface area contributed by atoms with Gasteiger partial charge in [0.1, 0.15) is 11.8 Å². The summed E-state index contributed by atoms with van der Waals surface area (Å²) in [6.07, 6.45) is 0.821. The van der Waals surface area contributed by atoms with Crippen molar-refractivity contribution in [3.8, 4) is 5.75 Å². The minimum atomic E-state index is -0.633. The average Bonchev–Trinajstić information content (AvgIpc) is 2.75. The molecule has 0 bridgehead atoms. The summed E-state index contributed by atoms with van der Waals surface area (Å²) < 4.78 is 7.55. The number of ether oxygens (including phenoxy) is 1. The van der Waals surface area contributed by atoms with Crippen molar-refractivity contribution in [1.82, 2.24) is 10.2 Å². The van der Waals surface area contributed by atoms with Crippen LogP contribution in [0.2, 0.25) is 0 Å². The first-order valence-corrected chi connectivity index (χ1v) is 12.5. The zero-order valence-corrected chi connectivity index (χ0v) is 22.5. The number of benzene rings is 2. The summed E-state index contributed by atoms with van der Waals surface area (Å²) in [7, 11) is 0. The van der Waals surface area contributed by atoms with Gasteiger partial charge >= 0.3 is 0 Å². The van der Waals surface area contributed by atoms with Crippen LogP contribution in [-0.4, -0.2) is 35.4 Å². The standard InChI is InChI=1S/C25H32Br2N2O3/c1-6-17(4)28-25(31)18(5)29(14-19-8-7-9-21(26)12-19)24(30)15-32-23-11-10-20(16(2)3)13-22(23)27/h7-13,16-18H,6,14-15H2,1-5H3,(H,28,31)/t17-,18-/m0/s1. The Kier molecular flexibility index (Phi) is 10.2. The highest BCUT2D eigenvalue weighted by molar-refractivity contribution is 9.10. The first kappa shape index (κ1) is 26.4. The van der Waals surface area contributed by atoms with Crippen LogP contribution in [0.25, 0.3) is 0 Å². The van der Waals surface area contributed by atoms with E-state index in [1.165, 1.54) is 5.56 Å². The van der Waals surface area contributed by atoms with E-state index in [4.69, 9.17) is 4.74 Å². The fraction of sp³-hybridized carbons (Fsp3) is 0.440. The molecule has 0 aliphatic rings. The van der Waals surface area contributed by atoms with Crippen LogP contribution in [0.5, 0.6) is 5.75 Å². The molecule has 0 aliphatic heterocycles. The zero-order chi connectivity index (χ0) is 23.8. The molecule has 0 aliphatic carbocycles. The summed E-state index contributed by atoms with van der Waals surface area (Å²) in [5.41, 5.74) is 2.11. The molecule has 0 spiro atoms. The second-order valence-corrected chi connectivity index (χ2v) is 10.0. The molecule has 2 rings (SSSR count). The Balaban J connectivity index is 2.18. The summed E-state index contributed by atoms with van der Waals surface area (Å²) in [4.78, 5) is 27.5. The lowest BCUT2D eigenvalue weighted by Gasteiger charge is -2.29. The number of amides is 2. The molecular formula is C25H32Br2N2O3. The molecule has 1 N–H and O–H groups in total. The van der Waals surface area contributed by atoms with Crippen molar-refractivity contribution in [1.29, 1.82) is 0 Å². The Morgan fingerprint density at radius 1 is 1.06 bits per heavy atom. The molecule has 0 heterocycles. The van der Waals surface area contributed by atoms with Crippen LogP contribution in [0.4, 0.5) is 0 Å². The number of nitrogens with one attached hydrogen (secondary N) is 1. The molecular weight excluding hydrogens is 536 g/mol. The maximum absolute atomic E-state index is 13.2. The van der Waals surface area contributed by atoms with Crippen LogP contribution in [-0.2, 0) is 16.1 Å². The van der Waals surface area contributed by atoms with Gasteiger partial charge in [0.05, 0.1) is 4.47 Å². The number of halogens is 2. The van der Waals surface area contributed by atoms with Crippen molar-refractivity contribution in [2.24, 2.45) is 0 Å². The van der Waals surface area contributed by atoms with Gasteiger partial charge in [-0.1, -0.05) is 54.9 Å². The van der Waals surface area contributed by atoms with E-state index < -0.39 is 6.04 Å². The lowest BCUT2D eigenvalue weighted by Crippen LogP contribution is -2.50. The van der Waals surface area contributed by atoms with Crippen molar-refractivity contribution < 1.29 is 14.3 Å². The number of carbonyl (C=O) groups excluding carboxylic acids is 2. The van der Waals surface area contributed by atoms with Gasteiger partial charge in [0, 0.05) is 17.1 Å². The molecule has 7 heteroatoms. The van der Waals surface area contributed by atoms with Crippen molar-refractivity contribution in [3.63, 3.8) is 0 Å². The molecule has 0 fully saturated rings. The van der Waals surface area contributed by atoms with Crippen LogP contribution in [0.3, 0.4) is 0 Å². The van der Waals surface area contributed by atoms with Gasteiger partial charge in [-0.25, -0.2) is 0 Å². The molecule has 2 atom stereocenters. The average molecular weight is 568 g/mol. The van der Waals surface area contributed by atoms with Gasteiger partial charge in [-0.3, -0.25) is 9.59 Å². The summed E-state index contributed by atoms with van der Waals surface area (Å²) in [5, 5.41) is 2.97. The maximum atomic E-state index is 13.2. The zero-order valence-electron chi connectivity index (χ0n) is 19.3. The van der Waals surface area contributed by atoms with E-state index in [9.17, 15) is 9.59 Å². The molecule has 0 radical (unpaired) electrons. The summed E-state index contributed by atoms with van der Waals surface area (Å²) in [5.74, 6) is 0.566.